The summed E-state index contributed by atoms with van der Waals surface area (Å²) in [4.78, 5) is 28.0. The van der Waals surface area contributed by atoms with E-state index in [9.17, 15) is 9.59 Å². The quantitative estimate of drug-likeness (QED) is 0.847. The molecule has 0 aromatic carbocycles. The van der Waals surface area contributed by atoms with E-state index in [1.165, 1.54) is 0 Å². The second-order valence-corrected chi connectivity index (χ2v) is 7.56. The van der Waals surface area contributed by atoms with Crippen LogP contribution >= 0.6 is 0 Å². The van der Waals surface area contributed by atoms with Crippen molar-refractivity contribution in [3.05, 3.63) is 0 Å². The molecule has 0 bridgehead atoms. The second kappa shape index (κ2) is 5.72. The Hall–Kier alpha value is -1.10. The number of piperazine rings is 1. The van der Waals surface area contributed by atoms with E-state index < -0.39 is 5.54 Å². The third kappa shape index (κ3) is 3.95. The summed E-state index contributed by atoms with van der Waals surface area (Å²) < 4.78 is 0. The van der Waals surface area contributed by atoms with Crippen LogP contribution in [-0.2, 0) is 9.59 Å². The molecule has 116 valence electrons. The second-order valence-electron chi connectivity index (χ2n) is 7.56. The first-order valence-electron chi connectivity index (χ1n) is 7.27. The van der Waals surface area contributed by atoms with Gasteiger partial charge in [-0.15, -0.1) is 0 Å². The molecule has 5 nitrogen and oxygen atoms in total. The number of nitrogens with two attached hydrogens (primary N) is 1. The van der Waals surface area contributed by atoms with Gasteiger partial charge < -0.3 is 15.5 Å². The average molecular weight is 283 g/mol. The molecule has 1 heterocycles. The van der Waals surface area contributed by atoms with Crippen molar-refractivity contribution in [3.63, 3.8) is 0 Å². The SMILES string of the molecule is CN1CCN(C(=O)CC(N)CC(C)(C)C)C(C)(C)C1=O. The van der Waals surface area contributed by atoms with Gasteiger partial charge in [0.1, 0.15) is 5.54 Å². The normalized spacial score (nSPS) is 21.1. The van der Waals surface area contributed by atoms with Gasteiger partial charge in [-0.3, -0.25) is 9.59 Å². The van der Waals surface area contributed by atoms with Gasteiger partial charge in [-0.1, -0.05) is 20.8 Å². The predicted octanol–water partition coefficient (Wildman–Crippen LogP) is 1.22. The minimum absolute atomic E-state index is 0.0125. The summed E-state index contributed by atoms with van der Waals surface area (Å²) in [7, 11) is 1.78. The van der Waals surface area contributed by atoms with Gasteiger partial charge in [0.05, 0.1) is 0 Å². The Morgan fingerprint density at radius 1 is 1.35 bits per heavy atom. The van der Waals surface area contributed by atoms with Crippen molar-refractivity contribution in [2.75, 3.05) is 20.1 Å². The van der Waals surface area contributed by atoms with Gasteiger partial charge in [0.15, 0.2) is 0 Å². The van der Waals surface area contributed by atoms with E-state index >= 15 is 0 Å². The maximum Gasteiger partial charge on any atom is 0.247 e. The van der Waals surface area contributed by atoms with Crippen LogP contribution in [0.1, 0.15) is 47.5 Å². The highest BCUT2D eigenvalue weighted by molar-refractivity contribution is 5.91. The van der Waals surface area contributed by atoms with Crippen LogP contribution in [-0.4, -0.2) is 53.3 Å². The molecule has 0 spiro atoms. The predicted molar refractivity (Wildman–Crippen MR) is 80.1 cm³/mol. The first-order valence-corrected chi connectivity index (χ1v) is 7.27. The Labute approximate surface area is 122 Å². The molecule has 0 aromatic heterocycles. The molecule has 1 saturated heterocycles. The van der Waals surface area contributed by atoms with Crippen molar-refractivity contribution < 1.29 is 9.59 Å². The summed E-state index contributed by atoms with van der Waals surface area (Å²) in [6, 6.07) is -0.159. The van der Waals surface area contributed by atoms with Crippen LogP contribution in [0.2, 0.25) is 0 Å². The van der Waals surface area contributed by atoms with Gasteiger partial charge in [-0.25, -0.2) is 0 Å². The fraction of sp³-hybridized carbons (Fsp3) is 0.867. The molecule has 0 radical (unpaired) electrons. The first-order chi connectivity index (χ1) is 8.95. The third-order valence-corrected chi connectivity index (χ3v) is 3.82. The maximum absolute atomic E-state index is 12.4. The number of rotatable bonds is 3. The highest BCUT2D eigenvalue weighted by atomic mass is 16.2. The van der Waals surface area contributed by atoms with E-state index in [4.69, 9.17) is 5.73 Å². The van der Waals surface area contributed by atoms with Gasteiger partial charge >= 0.3 is 0 Å². The molecule has 1 fully saturated rings. The Bertz CT molecular complexity index is 385. The zero-order chi connectivity index (χ0) is 15.7. The number of hydrogen-bond acceptors (Lipinski definition) is 3. The average Bonchev–Trinajstić information content (AvgIpc) is 2.22. The summed E-state index contributed by atoms with van der Waals surface area (Å²) in [6.07, 6.45) is 1.10. The monoisotopic (exact) mass is 283 g/mol. The molecule has 2 N–H and O–H groups in total. The molecule has 20 heavy (non-hydrogen) atoms. The van der Waals surface area contributed by atoms with E-state index in [0.29, 0.717) is 19.5 Å². The molecule has 1 aliphatic rings. The van der Waals surface area contributed by atoms with E-state index in [2.05, 4.69) is 20.8 Å². The van der Waals surface area contributed by atoms with Crippen molar-refractivity contribution in [3.8, 4) is 0 Å². The Morgan fingerprint density at radius 2 is 1.90 bits per heavy atom. The molecule has 1 aliphatic heterocycles. The van der Waals surface area contributed by atoms with Crippen LogP contribution in [0.3, 0.4) is 0 Å². The standard InChI is InChI=1S/C15H29N3O2/c1-14(2,3)10-11(16)9-12(19)18-8-7-17(6)13(20)15(18,4)5/h11H,7-10,16H2,1-6H3. The van der Waals surface area contributed by atoms with Gasteiger partial charge in [0.25, 0.3) is 0 Å². The zero-order valence-corrected chi connectivity index (χ0v) is 13.7. The van der Waals surface area contributed by atoms with Crippen molar-refractivity contribution >= 4 is 11.8 Å². The fourth-order valence-corrected chi connectivity index (χ4v) is 2.84. The number of likely N-dealkylation sites (N-methyl/N-ethyl adjacent to an activating group) is 1. The van der Waals surface area contributed by atoms with E-state index in [0.717, 1.165) is 6.42 Å². The molecule has 5 heteroatoms. The van der Waals surface area contributed by atoms with Crippen LogP contribution in [0.15, 0.2) is 0 Å². The lowest BCUT2D eigenvalue weighted by Crippen LogP contribution is -2.64. The summed E-state index contributed by atoms with van der Waals surface area (Å²) in [6.45, 7) is 11.1. The topological polar surface area (TPSA) is 66.6 Å². The third-order valence-electron chi connectivity index (χ3n) is 3.82. The largest absolute Gasteiger partial charge is 0.342 e. The Kier molecular flexibility index (Phi) is 4.85. The van der Waals surface area contributed by atoms with E-state index in [-0.39, 0.29) is 23.3 Å². The molecular weight excluding hydrogens is 254 g/mol. The summed E-state index contributed by atoms with van der Waals surface area (Å²) in [5.74, 6) is -0.0327. The Balaban J connectivity index is 2.70. The number of hydrogen-bond donors (Lipinski definition) is 1. The van der Waals surface area contributed by atoms with Crippen LogP contribution in [0.5, 0.6) is 0 Å². The molecule has 1 rings (SSSR count). The van der Waals surface area contributed by atoms with Gasteiger partial charge in [-0.2, -0.15) is 0 Å². The van der Waals surface area contributed by atoms with Gasteiger partial charge in [-0.05, 0) is 25.7 Å². The Morgan fingerprint density at radius 3 is 2.40 bits per heavy atom. The maximum atomic E-state index is 12.4. The minimum Gasteiger partial charge on any atom is -0.342 e. The van der Waals surface area contributed by atoms with E-state index in [1.54, 1.807) is 30.7 Å². The smallest absolute Gasteiger partial charge is 0.247 e. The van der Waals surface area contributed by atoms with Crippen LogP contribution in [0.4, 0.5) is 0 Å². The van der Waals surface area contributed by atoms with E-state index in [1.807, 2.05) is 0 Å². The van der Waals surface area contributed by atoms with Crippen molar-refractivity contribution in [2.24, 2.45) is 11.1 Å². The highest BCUT2D eigenvalue weighted by Crippen LogP contribution is 2.25. The number of amides is 2. The number of carbonyl (C=O) groups excluding carboxylic acids is 2. The molecule has 0 aromatic rings. The lowest BCUT2D eigenvalue weighted by atomic mass is 9.87. The number of carbonyl (C=O) groups is 2. The highest BCUT2D eigenvalue weighted by Gasteiger charge is 2.43. The summed E-state index contributed by atoms with van der Waals surface area (Å²) in [5, 5.41) is 0. The first kappa shape index (κ1) is 17.0. The molecule has 2 amide bonds. The molecular formula is C15H29N3O2. The molecule has 1 unspecified atom stereocenters. The summed E-state index contributed by atoms with van der Waals surface area (Å²) >= 11 is 0. The van der Waals surface area contributed by atoms with Crippen LogP contribution in [0, 0.1) is 5.41 Å². The fourth-order valence-electron chi connectivity index (χ4n) is 2.84. The number of nitrogens with zero attached hydrogens (tertiary/aromatic N) is 2. The lowest BCUT2D eigenvalue weighted by molar-refractivity contribution is -0.157. The molecule has 0 saturated carbocycles. The van der Waals surface area contributed by atoms with Gasteiger partial charge in [0, 0.05) is 32.6 Å². The van der Waals surface area contributed by atoms with Crippen LogP contribution < -0.4 is 5.73 Å². The van der Waals surface area contributed by atoms with Crippen molar-refractivity contribution in [2.45, 2.75) is 59.0 Å². The van der Waals surface area contributed by atoms with Crippen molar-refractivity contribution in [1.29, 1.82) is 0 Å². The molecule has 0 aliphatic carbocycles. The summed E-state index contributed by atoms with van der Waals surface area (Å²) in [5.41, 5.74) is 5.41. The minimum atomic E-state index is -0.772. The van der Waals surface area contributed by atoms with Crippen molar-refractivity contribution in [1.82, 2.24) is 9.80 Å². The van der Waals surface area contributed by atoms with Gasteiger partial charge in [0.2, 0.25) is 11.8 Å². The molecule has 1 atom stereocenters. The lowest BCUT2D eigenvalue weighted by Gasteiger charge is -2.45. The van der Waals surface area contributed by atoms with Crippen LogP contribution in [0.25, 0.3) is 0 Å². The zero-order valence-electron chi connectivity index (χ0n) is 13.7.